The number of thiophene rings is 1. The Labute approximate surface area is 190 Å². The van der Waals surface area contributed by atoms with Crippen molar-refractivity contribution in [3.63, 3.8) is 0 Å². The lowest BCUT2D eigenvalue weighted by Gasteiger charge is -2.23. The van der Waals surface area contributed by atoms with E-state index in [0.717, 1.165) is 21.6 Å². The van der Waals surface area contributed by atoms with Gasteiger partial charge in [-0.25, -0.2) is 4.79 Å². The lowest BCUT2D eigenvalue weighted by Crippen LogP contribution is -2.41. The van der Waals surface area contributed by atoms with Crippen LogP contribution in [0.1, 0.15) is 47.5 Å². The predicted molar refractivity (Wildman–Crippen MR) is 121 cm³/mol. The molecule has 1 aromatic heterocycles. The fourth-order valence-corrected chi connectivity index (χ4v) is 5.76. The van der Waals surface area contributed by atoms with Crippen LogP contribution in [0.15, 0.2) is 24.3 Å². The van der Waals surface area contributed by atoms with Gasteiger partial charge in [0.1, 0.15) is 10.6 Å². The maximum absolute atomic E-state index is 13.2. The highest BCUT2D eigenvalue weighted by Crippen LogP contribution is 2.45. The number of carbonyl (C=O) groups excluding carboxylic acids is 2. The van der Waals surface area contributed by atoms with E-state index in [9.17, 15) is 19.5 Å². The van der Waals surface area contributed by atoms with Crippen LogP contribution >= 0.6 is 11.3 Å². The number of carboxylic acid groups (broad SMARTS) is 1. The summed E-state index contributed by atoms with van der Waals surface area (Å²) < 4.78 is 11.2. The number of anilines is 1. The molecule has 2 aromatic rings. The van der Waals surface area contributed by atoms with Crippen LogP contribution in [-0.4, -0.2) is 41.3 Å². The minimum Gasteiger partial charge on any atom is -0.481 e. The summed E-state index contributed by atoms with van der Waals surface area (Å²) in [4.78, 5) is 38.9. The van der Waals surface area contributed by atoms with Crippen LogP contribution in [0.4, 0.5) is 5.00 Å². The van der Waals surface area contributed by atoms with Crippen LogP contribution in [0.2, 0.25) is 0 Å². The van der Waals surface area contributed by atoms with E-state index in [-0.39, 0.29) is 6.10 Å². The zero-order chi connectivity index (χ0) is 23.2. The van der Waals surface area contributed by atoms with Crippen LogP contribution in [0.5, 0.6) is 0 Å². The molecule has 2 fully saturated rings. The molecule has 4 rings (SSSR count). The Morgan fingerprint density at radius 1 is 1.09 bits per heavy atom. The van der Waals surface area contributed by atoms with Crippen molar-refractivity contribution in [3.8, 4) is 11.1 Å². The molecule has 0 aliphatic carbocycles. The van der Waals surface area contributed by atoms with Gasteiger partial charge in [0.05, 0.1) is 30.1 Å². The quantitative estimate of drug-likeness (QED) is 0.623. The maximum atomic E-state index is 13.2. The summed E-state index contributed by atoms with van der Waals surface area (Å²) in [5.41, 5.74) is 2.97. The summed E-state index contributed by atoms with van der Waals surface area (Å²) in [6, 6.07) is 7.80. The van der Waals surface area contributed by atoms with E-state index in [1.165, 1.54) is 11.3 Å². The summed E-state index contributed by atoms with van der Waals surface area (Å²) in [6.45, 7) is 7.42. The molecule has 0 radical (unpaired) electrons. The zero-order valence-electron chi connectivity index (χ0n) is 18.5. The highest BCUT2D eigenvalue weighted by Gasteiger charge is 2.55. The summed E-state index contributed by atoms with van der Waals surface area (Å²) in [6.07, 6.45) is 0.129. The van der Waals surface area contributed by atoms with Crippen molar-refractivity contribution < 1.29 is 29.0 Å². The van der Waals surface area contributed by atoms with Crippen molar-refractivity contribution in [2.45, 2.75) is 58.8 Å². The highest BCUT2D eigenvalue weighted by molar-refractivity contribution is 7.17. The second-order valence-corrected chi connectivity index (χ2v) is 9.95. The number of aryl methyl sites for hydroxylation is 2. The highest BCUT2D eigenvalue weighted by atomic mass is 32.1. The van der Waals surface area contributed by atoms with Crippen molar-refractivity contribution in [2.75, 3.05) is 5.32 Å². The van der Waals surface area contributed by atoms with E-state index in [2.05, 4.69) is 5.32 Å². The molecular formula is C24H27NO6S. The summed E-state index contributed by atoms with van der Waals surface area (Å²) >= 11 is 1.29. The number of aliphatic carboxylic acids is 1. The standard InChI is InChI=1S/C24H27NO6S/c1-11(2)30-24(29)20-17(14-7-5-12(3)6-8-14)13(4)32-22(20)25-21(26)18-15-9-10-16(31-15)19(18)23(27)28/h5-8,11,15-16,18-19H,9-10H2,1-4H3,(H,25,26)(H,27,28)/t15-,16-,18+,19-/m0/s1. The lowest BCUT2D eigenvalue weighted by molar-refractivity contribution is -0.147. The molecule has 8 heteroatoms. The van der Waals surface area contributed by atoms with E-state index in [1.54, 1.807) is 13.8 Å². The first-order valence-electron chi connectivity index (χ1n) is 10.8. The Balaban J connectivity index is 1.71. The minimum absolute atomic E-state index is 0.300. The molecule has 0 saturated carbocycles. The van der Waals surface area contributed by atoms with Gasteiger partial charge in [0.25, 0.3) is 0 Å². The Morgan fingerprint density at radius 3 is 2.31 bits per heavy atom. The molecule has 170 valence electrons. The average molecular weight is 458 g/mol. The number of esters is 1. The molecular weight excluding hydrogens is 430 g/mol. The number of fused-ring (bicyclic) bond motifs is 2. The first-order valence-corrected chi connectivity index (χ1v) is 11.6. The van der Waals surface area contributed by atoms with E-state index in [4.69, 9.17) is 9.47 Å². The van der Waals surface area contributed by atoms with Gasteiger partial charge in [0.15, 0.2) is 0 Å². The van der Waals surface area contributed by atoms with Gasteiger partial charge < -0.3 is 19.9 Å². The van der Waals surface area contributed by atoms with Gasteiger partial charge in [-0.3, -0.25) is 9.59 Å². The van der Waals surface area contributed by atoms with E-state index in [0.29, 0.717) is 23.4 Å². The molecule has 1 aromatic carbocycles. The third kappa shape index (κ3) is 4.04. The molecule has 1 amide bonds. The summed E-state index contributed by atoms with van der Waals surface area (Å²) in [5, 5.41) is 12.9. The van der Waals surface area contributed by atoms with Crippen molar-refractivity contribution in [2.24, 2.45) is 11.8 Å². The number of carboxylic acids is 1. The smallest absolute Gasteiger partial charge is 0.342 e. The predicted octanol–water partition coefficient (Wildman–Crippen LogP) is 4.41. The van der Waals surface area contributed by atoms with Crippen LogP contribution in [0, 0.1) is 25.7 Å². The number of ether oxygens (including phenoxy) is 2. The van der Waals surface area contributed by atoms with Crippen molar-refractivity contribution in [1.29, 1.82) is 0 Å². The molecule has 4 atom stereocenters. The van der Waals surface area contributed by atoms with Gasteiger partial charge in [0, 0.05) is 10.4 Å². The number of rotatable bonds is 6. The summed E-state index contributed by atoms with van der Waals surface area (Å²) in [5.74, 6) is -3.64. The molecule has 2 saturated heterocycles. The van der Waals surface area contributed by atoms with E-state index < -0.39 is 41.9 Å². The van der Waals surface area contributed by atoms with Gasteiger partial charge >= 0.3 is 11.9 Å². The molecule has 2 aliphatic rings. The monoisotopic (exact) mass is 457 g/mol. The second-order valence-electron chi connectivity index (χ2n) is 8.73. The minimum atomic E-state index is -1.03. The number of hydrogen-bond acceptors (Lipinski definition) is 6. The van der Waals surface area contributed by atoms with Crippen molar-refractivity contribution in [3.05, 3.63) is 40.3 Å². The fraction of sp³-hybridized carbons (Fsp3) is 0.458. The molecule has 2 bridgehead atoms. The van der Waals surface area contributed by atoms with E-state index >= 15 is 0 Å². The van der Waals surface area contributed by atoms with Crippen LogP contribution < -0.4 is 5.32 Å². The molecule has 2 aliphatic heterocycles. The Hall–Kier alpha value is -2.71. The average Bonchev–Trinajstić information content (AvgIpc) is 3.41. The number of benzene rings is 1. The number of hydrogen-bond donors (Lipinski definition) is 2. The van der Waals surface area contributed by atoms with Crippen molar-refractivity contribution >= 4 is 34.2 Å². The van der Waals surface area contributed by atoms with Crippen LogP contribution in [-0.2, 0) is 19.1 Å². The molecule has 2 N–H and O–H groups in total. The molecule has 32 heavy (non-hydrogen) atoms. The van der Waals surface area contributed by atoms with Gasteiger partial charge in [0.2, 0.25) is 5.91 Å². The van der Waals surface area contributed by atoms with E-state index in [1.807, 2.05) is 38.1 Å². The number of nitrogens with one attached hydrogen (secondary N) is 1. The Bertz CT molecular complexity index is 1060. The fourth-order valence-electron chi connectivity index (χ4n) is 4.69. The SMILES string of the molecule is Cc1ccc(-c2c(C)sc(NC(=O)[C@H]3[C@@H](C(=O)O)[C@@H]4CC[C@@H]3O4)c2C(=O)OC(C)C)cc1. The largest absolute Gasteiger partial charge is 0.481 e. The van der Waals surface area contributed by atoms with Crippen molar-refractivity contribution in [1.82, 2.24) is 0 Å². The third-order valence-electron chi connectivity index (χ3n) is 6.07. The topological polar surface area (TPSA) is 102 Å². The van der Waals surface area contributed by atoms with Crippen LogP contribution in [0.3, 0.4) is 0 Å². The molecule has 0 spiro atoms. The second kappa shape index (κ2) is 8.67. The van der Waals surface area contributed by atoms with Gasteiger partial charge in [-0.2, -0.15) is 0 Å². The normalized spacial score (nSPS) is 24.0. The zero-order valence-corrected chi connectivity index (χ0v) is 19.3. The number of amides is 1. The maximum Gasteiger partial charge on any atom is 0.342 e. The Kier molecular flexibility index (Phi) is 6.09. The Morgan fingerprint density at radius 2 is 1.72 bits per heavy atom. The van der Waals surface area contributed by atoms with Gasteiger partial charge in [-0.15, -0.1) is 11.3 Å². The molecule has 0 unspecified atom stereocenters. The lowest BCUT2D eigenvalue weighted by atomic mass is 9.78. The third-order valence-corrected chi connectivity index (χ3v) is 7.09. The van der Waals surface area contributed by atoms with Crippen LogP contribution in [0.25, 0.3) is 11.1 Å². The van der Waals surface area contributed by atoms with Gasteiger partial charge in [-0.05, 0) is 46.1 Å². The van der Waals surface area contributed by atoms with Gasteiger partial charge in [-0.1, -0.05) is 29.8 Å². The molecule has 3 heterocycles. The molecule has 7 nitrogen and oxygen atoms in total. The number of carbonyl (C=O) groups is 3. The first kappa shape index (κ1) is 22.5. The summed E-state index contributed by atoms with van der Waals surface area (Å²) in [7, 11) is 0. The first-order chi connectivity index (χ1) is 15.2.